The maximum absolute atomic E-state index is 5.72. The lowest BCUT2D eigenvalue weighted by Crippen LogP contribution is -2.45. The fourth-order valence-corrected chi connectivity index (χ4v) is 4.04. The topological polar surface area (TPSA) is 41.5 Å². The largest absolute Gasteiger partial charge is 0.379 e. The van der Waals surface area contributed by atoms with Crippen molar-refractivity contribution in [3.8, 4) is 0 Å². The first-order valence-corrected chi connectivity index (χ1v) is 9.56. The summed E-state index contributed by atoms with van der Waals surface area (Å²) in [5.41, 5.74) is 1.96. The third-order valence-electron chi connectivity index (χ3n) is 5.68. The summed E-state index contributed by atoms with van der Waals surface area (Å²) < 4.78 is 5.72. The van der Waals surface area contributed by atoms with Gasteiger partial charge in [0.15, 0.2) is 11.6 Å². The van der Waals surface area contributed by atoms with Crippen LogP contribution in [-0.2, 0) is 4.74 Å². The van der Waals surface area contributed by atoms with Gasteiger partial charge in [0.2, 0.25) is 0 Å². The van der Waals surface area contributed by atoms with Crippen molar-refractivity contribution in [1.29, 1.82) is 0 Å². The number of hydrogen-bond acceptors (Lipinski definition) is 5. The number of nitrogens with zero attached hydrogens (tertiary/aromatic N) is 4. The van der Waals surface area contributed by atoms with Crippen molar-refractivity contribution in [3.05, 3.63) is 24.3 Å². The maximum Gasteiger partial charge on any atom is 0.172 e. The van der Waals surface area contributed by atoms with Crippen molar-refractivity contribution < 1.29 is 4.74 Å². The lowest BCUT2D eigenvalue weighted by molar-refractivity contribution is 0.0496. The van der Waals surface area contributed by atoms with Gasteiger partial charge in [0.05, 0.1) is 17.1 Å². The summed E-state index contributed by atoms with van der Waals surface area (Å²) in [7, 11) is 1.82. The summed E-state index contributed by atoms with van der Waals surface area (Å²) in [6, 6.07) is 8.21. The molecule has 0 amide bonds. The molecule has 0 bridgehead atoms. The number of benzene rings is 1. The Balaban J connectivity index is 1.74. The van der Waals surface area contributed by atoms with Crippen LogP contribution in [0, 0.1) is 5.92 Å². The zero-order valence-corrected chi connectivity index (χ0v) is 15.3. The van der Waals surface area contributed by atoms with Crippen molar-refractivity contribution in [2.24, 2.45) is 5.92 Å². The van der Waals surface area contributed by atoms with Crippen LogP contribution < -0.4 is 9.80 Å². The van der Waals surface area contributed by atoms with Crippen molar-refractivity contribution in [3.63, 3.8) is 0 Å². The number of para-hydroxylation sites is 2. The van der Waals surface area contributed by atoms with Gasteiger partial charge in [-0.25, -0.2) is 9.97 Å². The fourth-order valence-electron chi connectivity index (χ4n) is 4.04. The molecule has 1 aromatic heterocycles. The standard InChI is InChI=1S/C20H28N4O/c1-15-10-13-24(14-18(15)25-2)20-19(23-11-6-3-7-12-23)21-16-8-4-5-9-17(16)22-20/h4-5,8-9,15,18H,3,6-7,10-14H2,1-2H3. The summed E-state index contributed by atoms with van der Waals surface area (Å²) in [5.74, 6) is 2.69. The number of methoxy groups -OCH3 is 1. The van der Waals surface area contributed by atoms with E-state index in [-0.39, 0.29) is 6.10 Å². The van der Waals surface area contributed by atoms with Crippen LogP contribution in [-0.4, -0.2) is 49.4 Å². The van der Waals surface area contributed by atoms with E-state index in [2.05, 4.69) is 28.9 Å². The summed E-state index contributed by atoms with van der Waals surface area (Å²) in [5, 5.41) is 0. The molecule has 0 N–H and O–H groups in total. The van der Waals surface area contributed by atoms with Gasteiger partial charge in [-0.3, -0.25) is 0 Å². The highest BCUT2D eigenvalue weighted by atomic mass is 16.5. The van der Waals surface area contributed by atoms with Gasteiger partial charge in [0, 0.05) is 33.3 Å². The average molecular weight is 340 g/mol. The minimum Gasteiger partial charge on any atom is -0.379 e. The highest BCUT2D eigenvalue weighted by molar-refractivity contribution is 5.81. The highest BCUT2D eigenvalue weighted by Crippen LogP contribution is 2.33. The molecule has 0 radical (unpaired) electrons. The molecule has 5 heteroatoms. The number of rotatable bonds is 3. The average Bonchev–Trinajstić information content (AvgIpc) is 2.68. The van der Waals surface area contributed by atoms with E-state index in [1.54, 1.807) is 0 Å². The van der Waals surface area contributed by atoms with Crippen molar-refractivity contribution in [1.82, 2.24) is 9.97 Å². The van der Waals surface area contributed by atoms with Crippen LogP contribution in [0.1, 0.15) is 32.6 Å². The Morgan fingerprint density at radius 3 is 2.20 bits per heavy atom. The molecule has 2 fully saturated rings. The van der Waals surface area contributed by atoms with Crippen molar-refractivity contribution in [2.75, 3.05) is 43.1 Å². The van der Waals surface area contributed by atoms with Gasteiger partial charge in [0.1, 0.15) is 0 Å². The number of fused-ring (bicyclic) bond motifs is 1. The summed E-state index contributed by atoms with van der Waals surface area (Å²) in [4.78, 5) is 14.9. The normalized spacial score (nSPS) is 24.7. The molecule has 2 unspecified atom stereocenters. The molecule has 2 atom stereocenters. The first-order chi connectivity index (χ1) is 12.3. The molecular weight excluding hydrogens is 312 g/mol. The van der Waals surface area contributed by atoms with Crippen LogP contribution in [0.15, 0.2) is 24.3 Å². The SMILES string of the molecule is COC1CN(c2nc3ccccc3nc2N2CCCCC2)CCC1C. The van der Waals surface area contributed by atoms with Gasteiger partial charge in [-0.05, 0) is 43.7 Å². The maximum atomic E-state index is 5.72. The number of anilines is 2. The van der Waals surface area contributed by atoms with Crippen LogP contribution >= 0.6 is 0 Å². The van der Waals surface area contributed by atoms with E-state index in [0.717, 1.165) is 55.3 Å². The van der Waals surface area contributed by atoms with E-state index in [0.29, 0.717) is 5.92 Å². The van der Waals surface area contributed by atoms with E-state index in [1.807, 2.05) is 19.2 Å². The zero-order valence-electron chi connectivity index (χ0n) is 15.3. The van der Waals surface area contributed by atoms with Crippen LogP contribution in [0.25, 0.3) is 11.0 Å². The summed E-state index contributed by atoms with van der Waals surface area (Å²) in [6.45, 7) is 6.36. The zero-order chi connectivity index (χ0) is 17.2. The minimum absolute atomic E-state index is 0.260. The van der Waals surface area contributed by atoms with E-state index in [9.17, 15) is 0 Å². The van der Waals surface area contributed by atoms with E-state index in [1.165, 1.54) is 19.3 Å². The lowest BCUT2D eigenvalue weighted by atomic mass is 9.96. The second-order valence-corrected chi connectivity index (χ2v) is 7.39. The minimum atomic E-state index is 0.260. The monoisotopic (exact) mass is 340 g/mol. The number of hydrogen-bond donors (Lipinski definition) is 0. The molecule has 2 aromatic rings. The van der Waals surface area contributed by atoms with Crippen LogP contribution in [0.2, 0.25) is 0 Å². The Morgan fingerprint density at radius 1 is 0.920 bits per heavy atom. The molecule has 134 valence electrons. The van der Waals surface area contributed by atoms with Crippen LogP contribution in [0.4, 0.5) is 11.6 Å². The molecule has 0 saturated carbocycles. The first-order valence-electron chi connectivity index (χ1n) is 9.56. The number of aromatic nitrogens is 2. The quantitative estimate of drug-likeness (QED) is 0.856. The Kier molecular flexibility index (Phi) is 4.75. The number of ether oxygens (including phenoxy) is 1. The van der Waals surface area contributed by atoms with Gasteiger partial charge in [0.25, 0.3) is 0 Å². The Bertz CT molecular complexity index is 729. The predicted octanol–water partition coefficient (Wildman–Crippen LogP) is 3.48. The molecule has 2 aliphatic heterocycles. The lowest BCUT2D eigenvalue weighted by Gasteiger charge is -2.39. The van der Waals surface area contributed by atoms with E-state index < -0.39 is 0 Å². The van der Waals surface area contributed by atoms with Gasteiger partial charge < -0.3 is 14.5 Å². The second kappa shape index (κ2) is 7.16. The molecule has 0 spiro atoms. The smallest absolute Gasteiger partial charge is 0.172 e. The van der Waals surface area contributed by atoms with Gasteiger partial charge in [-0.1, -0.05) is 19.1 Å². The molecule has 3 heterocycles. The molecule has 2 aliphatic rings. The van der Waals surface area contributed by atoms with Crippen molar-refractivity contribution in [2.45, 2.75) is 38.7 Å². The molecule has 5 nitrogen and oxygen atoms in total. The van der Waals surface area contributed by atoms with E-state index >= 15 is 0 Å². The van der Waals surface area contributed by atoms with Crippen molar-refractivity contribution >= 4 is 22.7 Å². The first kappa shape index (κ1) is 16.6. The molecule has 1 aromatic carbocycles. The third-order valence-corrected chi connectivity index (χ3v) is 5.68. The molecular formula is C20H28N4O. The summed E-state index contributed by atoms with van der Waals surface area (Å²) in [6.07, 6.45) is 5.19. The van der Waals surface area contributed by atoms with Crippen LogP contribution in [0.5, 0.6) is 0 Å². The number of piperidine rings is 2. The second-order valence-electron chi connectivity index (χ2n) is 7.39. The van der Waals surface area contributed by atoms with Gasteiger partial charge in [-0.15, -0.1) is 0 Å². The van der Waals surface area contributed by atoms with Gasteiger partial charge in [-0.2, -0.15) is 0 Å². The predicted molar refractivity (Wildman–Crippen MR) is 102 cm³/mol. The Hall–Kier alpha value is -1.88. The Labute approximate surface area is 150 Å². The molecule has 0 aliphatic carbocycles. The highest BCUT2D eigenvalue weighted by Gasteiger charge is 2.30. The van der Waals surface area contributed by atoms with Gasteiger partial charge >= 0.3 is 0 Å². The summed E-state index contributed by atoms with van der Waals surface area (Å²) >= 11 is 0. The van der Waals surface area contributed by atoms with E-state index in [4.69, 9.17) is 14.7 Å². The molecule has 2 saturated heterocycles. The third kappa shape index (κ3) is 3.30. The van der Waals surface area contributed by atoms with Crippen LogP contribution in [0.3, 0.4) is 0 Å². The Morgan fingerprint density at radius 2 is 1.56 bits per heavy atom. The molecule has 4 rings (SSSR count). The fraction of sp³-hybridized carbons (Fsp3) is 0.600. The molecule has 25 heavy (non-hydrogen) atoms.